The second kappa shape index (κ2) is 8.12. The quantitative estimate of drug-likeness (QED) is 0.686. The van der Waals surface area contributed by atoms with Gasteiger partial charge >= 0.3 is 0 Å². The summed E-state index contributed by atoms with van der Waals surface area (Å²) in [6.45, 7) is 1.74. The molecule has 3 aromatic carbocycles. The van der Waals surface area contributed by atoms with Gasteiger partial charge in [-0.05, 0) is 47.4 Å². The zero-order valence-electron chi connectivity index (χ0n) is 16.3. The Kier molecular flexibility index (Phi) is 5.82. The summed E-state index contributed by atoms with van der Waals surface area (Å²) >= 11 is 0. The van der Waals surface area contributed by atoms with E-state index in [0.717, 1.165) is 10.9 Å². The molecule has 0 atom stereocenters. The highest BCUT2D eigenvalue weighted by molar-refractivity contribution is 7.89. The number of hydrogen-bond donors (Lipinski definition) is 1. The lowest BCUT2D eigenvalue weighted by atomic mass is 10.0. The third-order valence-electron chi connectivity index (χ3n) is 4.69. The normalized spacial score (nSPS) is 11.7. The highest BCUT2D eigenvalue weighted by atomic mass is 32.2. The van der Waals surface area contributed by atoms with Crippen LogP contribution < -0.4 is 5.32 Å². The molecule has 3 rings (SSSR count). The Hall–Kier alpha value is -2.70. The van der Waals surface area contributed by atoms with E-state index >= 15 is 0 Å². The largest absolute Gasteiger partial charge is 0.326 e. The fourth-order valence-corrected chi connectivity index (χ4v) is 4.17. The van der Waals surface area contributed by atoms with Crippen molar-refractivity contribution in [1.82, 2.24) is 4.31 Å². The Morgan fingerprint density at radius 3 is 2.39 bits per heavy atom. The molecule has 0 aliphatic rings. The minimum atomic E-state index is -3.56. The number of carbonyl (C=O) groups is 1. The fourth-order valence-electron chi connectivity index (χ4n) is 3.03. The van der Waals surface area contributed by atoms with Crippen molar-refractivity contribution in [2.75, 3.05) is 19.4 Å². The van der Waals surface area contributed by atoms with Gasteiger partial charge < -0.3 is 5.32 Å². The van der Waals surface area contributed by atoms with Gasteiger partial charge in [-0.3, -0.25) is 4.79 Å². The van der Waals surface area contributed by atoms with Crippen molar-refractivity contribution in [3.05, 3.63) is 71.8 Å². The van der Waals surface area contributed by atoms with Gasteiger partial charge in [-0.25, -0.2) is 12.7 Å². The van der Waals surface area contributed by atoms with E-state index in [1.54, 1.807) is 19.1 Å². The molecular weight excluding hydrogens is 372 g/mol. The summed E-state index contributed by atoms with van der Waals surface area (Å²) in [7, 11) is -0.581. The topological polar surface area (TPSA) is 66.5 Å². The number of sulfonamides is 1. The summed E-state index contributed by atoms with van der Waals surface area (Å²) in [5.74, 6) is -0.148. The van der Waals surface area contributed by atoms with Crippen LogP contribution in [0.1, 0.15) is 17.5 Å². The minimum Gasteiger partial charge on any atom is -0.326 e. The molecule has 0 heterocycles. The Bertz CT molecular complexity index is 1120. The van der Waals surface area contributed by atoms with Gasteiger partial charge in [0.2, 0.25) is 15.9 Å². The summed E-state index contributed by atoms with van der Waals surface area (Å²) < 4.78 is 26.0. The molecule has 0 aromatic heterocycles. The molecule has 1 amide bonds. The third kappa shape index (κ3) is 4.40. The van der Waals surface area contributed by atoms with E-state index in [9.17, 15) is 13.2 Å². The fraction of sp³-hybridized carbons (Fsp3) is 0.227. The monoisotopic (exact) mass is 396 g/mol. The maximum Gasteiger partial charge on any atom is 0.242 e. The Balaban J connectivity index is 1.69. The van der Waals surface area contributed by atoms with E-state index < -0.39 is 10.0 Å². The van der Waals surface area contributed by atoms with Crippen molar-refractivity contribution in [3.63, 3.8) is 0 Å². The Labute approximate surface area is 166 Å². The summed E-state index contributed by atoms with van der Waals surface area (Å²) in [5, 5.41) is 5.13. The third-order valence-corrected chi connectivity index (χ3v) is 6.64. The van der Waals surface area contributed by atoms with Crippen molar-refractivity contribution >= 4 is 32.4 Å². The highest BCUT2D eigenvalue weighted by Gasteiger charge is 2.20. The Morgan fingerprint density at radius 2 is 1.68 bits per heavy atom. The van der Waals surface area contributed by atoms with Gasteiger partial charge in [0, 0.05) is 26.2 Å². The SMILES string of the molecule is Cc1ccc(NC(=O)CCc2ccc3ccccc3c2)cc1S(=O)(=O)N(C)C. The number of carbonyl (C=O) groups excluding carboxylic acids is 1. The van der Waals surface area contributed by atoms with Crippen molar-refractivity contribution in [2.45, 2.75) is 24.7 Å². The second-order valence-electron chi connectivity index (χ2n) is 7.00. The van der Waals surface area contributed by atoms with Crippen LogP contribution in [-0.4, -0.2) is 32.7 Å². The summed E-state index contributed by atoms with van der Waals surface area (Å²) in [4.78, 5) is 12.6. The first-order valence-electron chi connectivity index (χ1n) is 9.08. The predicted octanol–water partition coefficient (Wildman–Crippen LogP) is 3.97. The molecule has 0 bridgehead atoms. The summed E-state index contributed by atoms with van der Waals surface area (Å²) in [5.41, 5.74) is 2.21. The number of rotatable bonds is 6. The molecular formula is C22H24N2O3S. The van der Waals surface area contributed by atoms with Crippen LogP contribution in [0.4, 0.5) is 5.69 Å². The van der Waals surface area contributed by atoms with Crippen LogP contribution in [0.5, 0.6) is 0 Å². The van der Waals surface area contributed by atoms with Crippen molar-refractivity contribution in [2.24, 2.45) is 0 Å². The molecule has 5 nitrogen and oxygen atoms in total. The lowest BCUT2D eigenvalue weighted by Crippen LogP contribution is -2.23. The van der Waals surface area contributed by atoms with Crippen LogP contribution in [0, 0.1) is 6.92 Å². The van der Waals surface area contributed by atoms with Crippen molar-refractivity contribution in [3.8, 4) is 0 Å². The number of hydrogen-bond acceptors (Lipinski definition) is 3. The Morgan fingerprint density at radius 1 is 0.964 bits per heavy atom. The van der Waals surface area contributed by atoms with Crippen LogP contribution in [-0.2, 0) is 21.2 Å². The van der Waals surface area contributed by atoms with Crippen LogP contribution in [0.15, 0.2) is 65.6 Å². The van der Waals surface area contributed by atoms with E-state index in [1.165, 1.54) is 29.9 Å². The molecule has 0 fully saturated rings. The minimum absolute atomic E-state index is 0.148. The maximum absolute atomic E-state index is 12.4. The van der Waals surface area contributed by atoms with Crippen LogP contribution in [0.3, 0.4) is 0 Å². The molecule has 3 aromatic rings. The molecule has 0 aliphatic heterocycles. The van der Waals surface area contributed by atoms with Gasteiger partial charge in [0.1, 0.15) is 0 Å². The van der Waals surface area contributed by atoms with Crippen LogP contribution >= 0.6 is 0 Å². The molecule has 0 radical (unpaired) electrons. The molecule has 1 N–H and O–H groups in total. The number of benzene rings is 3. The molecule has 6 heteroatoms. The first-order valence-corrected chi connectivity index (χ1v) is 10.5. The lowest BCUT2D eigenvalue weighted by molar-refractivity contribution is -0.116. The average molecular weight is 397 g/mol. The summed E-state index contributed by atoms with van der Waals surface area (Å²) in [6.07, 6.45) is 0.938. The first kappa shape index (κ1) is 20.0. The number of amides is 1. The van der Waals surface area contributed by atoms with Crippen LogP contribution in [0.2, 0.25) is 0 Å². The number of anilines is 1. The lowest BCUT2D eigenvalue weighted by Gasteiger charge is -2.15. The van der Waals surface area contributed by atoms with Crippen LogP contribution in [0.25, 0.3) is 10.8 Å². The molecule has 146 valence electrons. The van der Waals surface area contributed by atoms with Crippen molar-refractivity contribution in [1.29, 1.82) is 0 Å². The molecule has 0 spiro atoms. The smallest absolute Gasteiger partial charge is 0.242 e. The van der Waals surface area contributed by atoms with Gasteiger partial charge in [-0.2, -0.15) is 0 Å². The molecule has 0 unspecified atom stereocenters. The van der Waals surface area contributed by atoms with Gasteiger partial charge in [-0.15, -0.1) is 0 Å². The van der Waals surface area contributed by atoms with Gasteiger partial charge in [-0.1, -0.05) is 48.5 Å². The van der Waals surface area contributed by atoms with E-state index in [4.69, 9.17) is 0 Å². The number of fused-ring (bicyclic) bond motifs is 1. The van der Waals surface area contributed by atoms with Gasteiger partial charge in [0.25, 0.3) is 0 Å². The average Bonchev–Trinajstić information content (AvgIpc) is 2.67. The highest BCUT2D eigenvalue weighted by Crippen LogP contribution is 2.23. The molecule has 0 aliphatic carbocycles. The standard InChI is InChI=1S/C22H24N2O3S/c1-16-8-12-20(15-21(16)28(26,27)24(2)3)23-22(25)13-10-17-9-11-18-6-4-5-7-19(18)14-17/h4-9,11-12,14-15H,10,13H2,1-3H3,(H,23,25). The van der Waals surface area contributed by atoms with E-state index in [0.29, 0.717) is 24.1 Å². The maximum atomic E-state index is 12.4. The van der Waals surface area contributed by atoms with E-state index in [1.807, 2.05) is 18.2 Å². The number of aryl methyl sites for hydroxylation is 2. The van der Waals surface area contributed by atoms with E-state index in [2.05, 4.69) is 29.6 Å². The number of nitrogens with zero attached hydrogens (tertiary/aromatic N) is 1. The number of nitrogens with one attached hydrogen (secondary N) is 1. The molecule has 0 saturated carbocycles. The first-order chi connectivity index (χ1) is 13.3. The molecule has 28 heavy (non-hydrogen) atoms. The predicted molar refractivity (Wildman–Crippen MR) is 113 cm³/mol. The van der Waals surface area contributed by atoms with Gasteiger partial charge in [0.15, 0.2) is 0 Å². The summed E-state index contributed by atoms with van der Waals surface area (Å²) in [6, 6.07) is 19.2. The van der Waals surface area contributed by atoms with Gasteiger partial charge in [0.05, 0.1) is 4.90 Å². The zero-order valence-corrected chi connectivity index (χ0v) is 17.1. The van der Waals surface area contributed by atoms with E-state index in [-0.39, 0.29) is 10.8 Å². The zero-order chi connectivity index (χ0) is 20.3. The van der Waals surface area contributed by atoms with Crippen molar-refractivity contribution < 1.29 is 13.2 Å². The molecule has 0 saturated heterocycles. The second-order valence-corrected chi connectivity index (χ2v) is 9.12.